The first-order valence-corrected chi connectivity index (χ1v) is 27.6. The van der Waals surface area contributed by atoms with Crippen LogP contribution in [0.5, 0.6) is 5.75 Å². The molecule has 9 rings (SSSR count). The van der Waals surface area contributed by atoms with Crippen LogP contribution in [-0.4, -0.2) is 140 Å². The van der Waals surface area contributed by atoms with E-state index in [2.05, 4.69) is 56.5 Å². The Balaban J connectivity index is 0.998. The number of carbonyl (C=O) groups is 2. The maximum Gasteiger partial charge on any atom is 0.262 e. The van der Waals surface area contributed by atoms with Gasteiger partial charge in [-0.15, -0.1) is 0 Å². The van der Waals surface area contributed by atoms with Crippen LogP contribution >= 0.6 is 11.6 Å². The fourth-order valence-corrected chi connectivity index (χ4v) is 14.7. The largest absolute Gasteiger partial charge is 0.490 e. The fraction of sp³-hybridized carbons (Fsp3) is 0.549. The molecule has 3 aromatic carbocycles. The zero-order valence-electron chi connectivity index (χ0n) is 38.7. The van der Waals surface area contributed by atoms with Crippen LogP contribution in [0.15, 0.2) is 83.8 Å². The van der Waals surface area contributed by atoms with Crippen LogP contribution in [0.2, 0.25) is 5.02 Å². The van der Waals surface area contributed by atoms with E-state index < -0.39 is 36.3 Å². The van der Waals surface area contributed by atoms with Crippen LogP contribution in [0.4, 0.5) is 5.69 Å². The predicted octanol–water partition coefficient (Wildman–Crippen LogP) is 6.26. The van der Waals surface area contributed by atoms with Gasteiger partial charge in [0.1, 0.15) is 11.4 Å². The van der Waals surface area contributed by atoms with E-state index in [1.54, 1.807) is 36.4 Å². The molecule has 1 spiro atoms. The van der Waals surface area contributed by atoms with E-state index >= 15 is 0 Å². The third kappa shape index (κ3) is 9.44. The maximum absolute atomic E-state index is 14.2. The summed E-state index contributed by atoms with van der Waals surface area (Å²) in [6.45, 7) is 11.0. The molecule has 2 aliphatic carbocycles. The van der Waals surface area contributed by atoms with Gasteiger partial charge in [0.2, 0.25) is 5.91 Å². The first-order chi connectivity index (χ1) is 31.6. The molecule has 12 nitrogen and oxygen atoms in total. The van der Waals surface area contributed by atoms with Crippen molar-refractivity contribution in [1.82, 2.24) is 19.4 Å². The van der Waals surface area contributed by atoms with Crippen molar-refractivity contribution in [3.63, 3.8) is 0 Å². The Hall–Kier alpha value is -3.92. The van der Waals surface area contributed by atoms with Crippen LogP contribution in [0.25, 0.3) is 0 Å². The van der Waals surface area contributed by atoms with Gasteiger partial charge in [-0.2, -0.15) is 0 Å². The molecule has 3 fully saturated rings. The van der Waals surface area contributed by atoms with E-state index in [0.717, 1.165) is 81.3 Å². The molecule has 15 heteroatoms. The van der Waals surface area contributed by atoms with Gasteiger partial charge in [0.25, 0.3) is 5.91 Å². The molecule has 2 bridgehead atoms. The molecule has 8 atom stereocenters. The summed E-state index contributed by atoms with van der Waals surface area (Å²) < 4.78 is 56.8. The summed E-state index contributed by atoms with van der Waals surface area (Å²) in [5.41, 5.74) is 2.89. The molecule has 2 amide bonds. The van der Waals surface area contributed by atoms with Crippen molar-refractivity contribution in [3.05, 3.63) is 101 Å². The van der Waals surface area contributed by atoms with E-state index in [1.165, 1.54) is 11.1 Å². The summed E-state index contributed by atoms with van der Waals surface area (Å²) in [5, 5.41) is 0.329. The lowest BCUT2D eigenvalue weighted by atomic mass is 9.63. The van der Waals surface area contributed by atoms with E-state index in [-0.39, 0.29) is 52.2 Å². The van der Waals surface area contributed by atoms with Crippen LogP contribution in [0.1, 0.15) is 73.9 Å². The summed E-state index contributed by atoms with van der Waals surface area (Å²) in [6, 6.07) is 20.3. The molecule has 4 aliphatic heterocycles. The van der Waals surface area contributed by atoms with E-state index in [0.29, 0.717) is 44.8 Å². The number of nitrogens with one attached hydrogen (secondary N) is 1. The number of carbonyl (C=O) groups excluding carboxylic acids is 2. The third-order valence-electron chi connectivity index (χ3n) is 16.0. The predicted molar refractivity (Wildman–Crippen MR) is 263 cm³/mol. The number of allylic oxidation sites excluding steroid dienone is 1. The van der Waals surface area contributed by atoms with Gasteiger partial charge in [-0.25, -0.2) is 12.6 Å². The van der Waals surface area contributed by atoms with Crippen LogP contribution in [0.3, 0.4) is 0 Å². The molecular weight excluding hydrogens is 894 g/mol. The second kappa shape index (κ2) is 18.9. The van der Waals surface area contributed by atoms with Crippen molar-refractivity contribution in [2.24, 2.45) is 17.8 Å². The quantitative estimate of drug-likeness (QED) is 0.214. The zero-order chi connectivity index (χ0) is 46.4. The van der Waals surface area contributed by atoms with Crippen molar-refractivity contribution in [2.75, 3.05) is 83.3 Å². The van der Waals surface area contributed by atoms with E-state index in [9.17, 15) is 22.2 Å². The van der Waals surface area contributed by atoms with Gasteiger partial charge in [-0.1, -0.05) is 54.9 Å². The van der Waals surface area contributed by atoms with Crippen molar-refractivity contribution in [1.29, 1.82) is 0 Å². The number of ether oxygens (including phenoxy) is 2. The normalized spacial score (nSPS) is 32.4. The molecular formula is C51H66ClN5O7S2. The topological polar surface area (TPSA) is 129 Å². The highest BCUT2D eigenvalue weighted by Crippen LogP contribution is 2.49. The SMILES string of the molecule is C=S1(=O)NC(=O)c2ccc3c(c2)N(C[C@@H]2CC[C@H]2[C@@](CN2CCN4CCN(C(=O)CCS(=O)(=O)c5ccccc5)C[C@H]4C2)(OC)/C=C/C[C@H](C)[C@H]1C)C[C@@]1(CCCc2cc(Cl)ccc21)CO3. The highest BCUT2D eigenvalue weighted by molar-refractivity contribution is 7.99. The van der Waals surface area contributed by atoms with Crippen molar-refractivity contribution in [3.8, 4) is 5.75 Å². The number of hydrogen-bond acceptors (Lipinski definition) is 10. The van der Waals surface area contributed by atoms with Gasteiger partial charge in [0.15, 0.2) is 9.84 Å². The highest BCUT2D eigenvalue weighted by atomic mass is 35.5. The van der Waals surface area contributed by atoms with Crippen molar-refractivity contribution >= 4 is 54.5 Å². The number of piperazine rings is 2. The van der Waals surface area contributed by atoms with Crippen LogP contribution < -0.4 is 14.4 Å². The van der Waals surface area contributed by atoms with Gasteiger partial charge in [-0.3, -0.25) is 24.1 Å². The molecule has 4 heterocycles. The zero-order valence-corrected chi connectivity index (χ0v) is 41.1. The van der Waals surface area contributed by atoms with Crippen molar-refractivity contribution < 1.29 is 31.7 Å². The molecule has 1 N–H and O–H groups in total. The standard InChI is InChI=1S/C51H66ClN5O7S2/c1-36-10-8-22-51(63-3,34-54-23-24-55-25-26-56(32-42(55)31-54)48(58)20-27-66(61,62)43-12-6-5-7-13-43)45-17-14-40(45)30-57-33-50(21-9-11-38-28-41(52)16-18-44(38)50)35-64-47-19-15-39(29-46(47)57)49(59)53-65(4,60)37(36)2/h5-8,12-13,15-16,18-19,22,28-29,36-37,40,42,45H,4,9-11,14,17,20-21,23-27,30-35H2,1-3H3,(H,53,59,60)/b22-8+/t36-,37+,40-,42+,45+,50-,51+,65?/m0/s1. The Morgan fingerprint density at radius 2 is 1.82 bits per heavy atom. The van der Waals surface area contributed by atoms with Crippen LogP contribution in [0, 0.1) is 17.8 Å². The minimum absolute atomic E-state index is 0.0440. The number of rotatable bonds is 7. The minimum atomic E-state index is -3.57. The second-order valence-corrected chi connectivity index (χ2v) is 25.0. The number of halogens is 1. The van der Waals surface area contributed by atoms with E-state index in [1.807, 2.05) is 37.1 Å². The molecule has 66 heavy (non-hydrogen) atoms. The molecule has 3 aromatic rings. The first kappa shape index (κ1) is 47.2. The van der Waals surface area contributed by atoms with Gasteiger partial charge in [0.05, 0.1) is 32.7 Å². The monoisotopic (exact) mass is 959 g/mol. The van der Waals surface area contributed by atoms with Gasteiger partial charge in [-0.05, 0) is 123 Å². The van der Waals surface area contributed by atoms with E-state index in [4.69, 9.17) is 21.1 Å². The molecule has 0 radical (unpaired) electrons. The van der Waals surface area contributed by atoms with Gasteiger partial charge in [0, 0.05) is 99.7 Å². The number of nitrogens with zero attached hydrogens (tertiary/aromatic N) is 4. The third-order valence-corrected chi connectivity index (χ3v) is 20.2. The first-order valence-electron chi connectivity index (χ1n) is 23.8. The summed E-state index contributed by atoms with van der Waals surface area (Å²) in [7, 11) is -4.77. The fourth-order valence-electron chi connectivity index (χ4n) is 11.8. The molecule has 6 aliphatic rings. The number of anilines is 1. The minimum Gasteiger partial charge on any atom is -0.490 e. The smallest absolute Gasteiger partial charge is 0.262 e. The number of hydrogen-bond donors (Lipinski definition) is 1. The Morgan fingerprint density at radius 3 is 2.59 bits per heavy atom. The summed E-state index contributed by atoms with van der Waals surface area (Å²) in [6.07, 6.45) is 10.0. The lowest BCUT2D eigenvalue weighted by Gasteiger charge is -2.53. The average molecular weight is 961 g/mol. The van der Waals surface area contributed by atoms with Crippen molar-refractivity contribution in [2.45, 2.75) is 86.0 Å². The lowest BCUT2D eigenvalue weighted by Crippen LogP contribution is -2.65. The van der Waals surface area contributed by atoms with Gasteiger partial charge >= 0.3 is 0 Å². The maximum atomic E-state index is 14.2. The molecule has 1 unspecified atom stereocenters. The number of aryl methyl sites for hydroxylation is 1. The summed E-state index contributed by atoms with van der Waals surface area (Å²) in [4.78, 5) is 37.1. The molecule has 2 saturated heterocycles. The second-order valence-electron chi connectivity index (χ2n) is 20.0. The van der Waals surface area contributed by atoms with Gasteiger partial charge < -0.3 is 19.3 Å². The van der Waals surface area contributed by atoms with Crippen LogP contribution in [-0.2, 0) is 40.9 Å². The molecule has 0 aromatic heterocycles. The number of amides is 2. The Morgan fingerprint density at radius 1 is 1.02 bits per heavy atom. The summed E-state index contributed by atoms with van der Waals surface area (Å²) in [5.74, 6) is 4.47. The number of benzene rings is 3. The Bertz CT molecular complexity index is 2560. The molecule has 356 valence electrons. The summed E-state index contributed by atoms with van der Waals surface area (Å²) >= 11 is 6.56. The average Bonchev–Trinajstić information content (AvgIpc) is 3.45. The molecule has 1 saturated carbocycles. The number of methoxy groups -OCH3 is 1. The lowest BCUT2D eigenvalue weighted by molar-refractivity contribution is -0.136. The number of fused-ring (bicyclic) bond motifs is 5. The Labute approximate surface area is 397 Å². The number of sulfone groups is 1. The highest BCUT2D eigenvalue weighted by Gasteiger charge is 2.50. The Kier molecular flexibility index (Phi) is 13.5.